The molecule has 142 valence electrons. The lowest BCUT2D eigenvalue weighted by molar-refractivity contribution is -0.316. The van der Waals surface area contributed by atoms with E-state index in [1.165, 1.54) is 24.3 Å². The minimum absolute atomic E-state index is 0.0540. The summed E-state index contributed by atoms with van der Waals surface area (Å²) < 4.78 is 27.5. The molecule has 27 heavy (non-hydrogen) atoms. The van der Waals surface area contributed by atoms with E-state index in [4.69, 9.17) is 0 Å². The Hall–Kier alpha value is -3.20. The molecule has 0 heterocycles. The molecule has 0 unspecified atom stereocenters. The molecule has 0 aliphatic rings. The molecule has 1 N–H and O–H groups in total. The van der Waals surface area contributed by atoms with Gasteiger partial charge in [0.15, 0.2) is 0 Å². The van der Waals surface area contributed by atoms with E-state index in [2.05, 4.69) is 9.71 Å². The Morgan fingerprint density at radius 3 is 2.15 bits per heavy atom. The molecule has 2 rings (SSSR count). The van der Waals surface area contributed by atoms with Gasteiger partial charge in [0.05, 0.1) is 16.9 Å². The fourth-order valence-corrected chi connectivity index (χ4v) is 3.19. The van der Waals surface area contributed by atoms with Gasteiger partial charge in [-0.1, -0.05) is 48.0 Å². The number of carboxylic acid groups (broad SMARTS) is 2. The second-order valence-corrected chi connectivity index (χ2v) is 7.36. The monoisotopic (exact) mass is 388 g/mol. The summed E-state index contributed by atoms with van der Waals surface area (Å²) >= 11 is 0. The van der Waals surface area contributed by atoms with Crippen molar-refractivity contribution in [3.05, 3.63) is 65.7 Å². The predicted octanol–water partition coefficient (Wildman–Crippen LogP) is -1.02. The lowest BCUT2D eigenvalue weighted by atomic mass is 10.2. The van der Waals surface area contributed by atoms with Crippen LogP contribution in [-0.4, -0.2) is 32.2 Å². The highest BCUT2D eigenvalue weighted by atomic mass is 32.2. The average Bonchev–Trinajstić information content (AvgIpc) is 2.61. The van der Waals surface area contributed by atoms with Gasteiger partial charge in [-0.3, -0.25) is 9.71 Å². The normalized spacial score (nSPS) is 13.0. The van der Waals surface area contributed by atoms with Crippen LogP contribution in [0.4, 0.5) is 0 Å². The van der Waals surface area contributed by atoms with Crippen LogP contribution in [0.3, 0.4) is 0 Å². The minimum Gasteiger partial charge on any atom is -0.550 e. The predicted molar refractivity (Wildman–Crippen MR) is 92.9 cm³/mol. The van der Waals surface area contributed by atoms with E-state index in [0.717, 1.165) is 5.56 Å². The molecule has 0 amide bonds. The van der Waals surface area contributed by atoms with E-state index >= 15 is 0 Å². The van der Waals surface area contributed by atoms with Gasteiger partial charge in [0.1, 0.15) is 5.84 Å². The van der Waals surface area contributed by atoms with E-state index < -0.39 is 34.4 Å². The molecule has 0 spiro atoms. The molecule has 0 aromatic heterocycles. The molecule has 1 atom stereocenters. The van der Waals surface area contributed by atoms with Crippen molar-refractivity contribution in [1.82, 2.24) is 4.72 Å². The Kier molecular flexibility index (Phi) is 6.30. The number of hydrogen-bond acceptors (Lipinski definition) is 7. The van der Waals surface area contributed by atoms with Crippen molar-refractivity contribution in [2.75, 3.05) is 0 Å². The Labute approximate surface area is 156 Å². The van der Waals surface area contributed by atoms with Crippen LogP contribution in [0.1, 0.15) is 17.5 Å². The number of nitrogens with one attached hydrogen (secondary N) is 1. The molecule has 0 saturated carbocycles. The molecule has 2 aromatic rings. The molecule has 0 saturated heterocycles. The van der Waals surface area contributed by atoms with Crippen LogP contribution < -0.4 is 14.9 Å². The quantitative estimate of drug-likeness (QED) is 0.476. The van der Waals surface area contributed by atoms with Crippen LogP contribution >= 0.6 is 0 Å². The highest BCUT2D eigenvalue weighted by Gasteiger charge is 2.19. The van der Waals surface area contributed by atoms with Crippen LogP contribution in [0, 0.1) is 6.92 Å². The number of amidine groups is 1. The Bertz CT molecular complexity index is 953. The first-order valence-electron chi connectivity index (χ1n) is 7.82. The Morgan fingerprint density at radius 2 is 1.63 bits per heavy atom. The SMILES string of the molecule is Cc1ccc(S(=O)(=O)NC(=N[C@@H](CC(=O)[O-])C(=O)[O-])c2ccccc2)cc1. The third-order valence-electron chi connectivity index (χ3n) is 3.53. The molecule has 0 bridgehead atoms. The summed E-state index contributed by atoms with van der Waals surface area (Å²) in [6, 6.07) is 12.0. The van der Waals surface area contributed by atoms with E-state index in [1.54, 1.807) is 37.3 Å². The largest absolute Gasteiger partial charge is 0.550 e. The summed E-state index contributed by atoms with van der Waals surface area (Å²) in [5.41, 5.74) is 1.12. The smallest absolute Gasteiger partial charge is 0.263 e. The second-order valence-electron chi connectivity index (χ2n) is 5.67. The molecular weight excluding hydrogens is 372 g/mol. The molecule has 0 aliphatic carbocycles. The molecule has 9 heteroatoms. The lowest BCUT2D eigenvalue weighted by Gasteiger charge is -2.18. The number of carboxylic acids is 2. The van der Waals surface area contributed by atoms with Crippen molar-refractivity contribution in [3.8, 4) is 0 Å². The summed E-state index contributed by atoms with van der Waals surface area (Å²) in [6.07, 6.45) is -0.953. The number of aryl methyl sites for hydroxylation is 1. The van der Waals surface area contributed by atoms with Gasteiger partial charge in [-0.25, -0.2) is 8.42 Å². The maximum atomic E-state index is 12.6. The van der Waals surface area contributed by atoms with E-state index in [0.29, 0.717) is 0 Å². The molecule has 0 radical (unpaired) electrons. The number of carbonyl (C=O) groups is 2. The molecule has 2 aromatic carbocycles. The first-order valence-corrected chi connectivity index (χ1v) is 9.31. The van der Waals surface area contributed by atoms with Crippen LogP contribution in [0.15, 0.2) is 64.5 Å². The van der Waals surface area contributed by atoms with Gasteiger partial charge in [0.2, 0.25) is 0 Å². The second kappa shape index (κ2) is 8.45. The van der Waals surface area contributed by atoms with E-state index in [1.807, 2.05) is 0 Å². The topological polar surface area (TPSA) is 139 Å². The Morgan fingerprint density at radius 1 is 1.04 bits per heavy atom. The van der Waals surface area contributed by atoms with Crippen molar-refractivity contribution < 1.29 is 28.2 Å². The summed E-state index contributed by atoms with van der Waals surface area (Å²) in [6.45, 7) is 1.80. The molecular formula is C18H16N2O6S-2. The number of aliphatic carboxylic acids is 2. The summed E-state index contributed by atoms with van der Waals surface area (Å²) in [4.78, 5) is 25.7. The number of nitrogens with zero attached hydrogens (tertiary/aromatic N) is 1. The first-order chi connectivity index (χ1) is 12.7. The first kappa shape index (κ1) is 20.1. The fraction of sp³-hybridized carbons (Fsp3) is 0.167. The van der Waals surface area contributed by atoms with Crippen molar-refractivity contribution >= 4 is 27.8 Å². The number of rotatable bonds is 7. The zero-order valence-corrected chi connectivity index (χ0v) is 15.1. The molecule has 0 aliphatic heterocycles. The van der Waals surface area contributed by atoms with E-state index in [9.17, 15) is 28.2 Å². The van der Waals surface area contributed by atoms with Crippen molar-refractivity contribution in [2.24, 2.45) is 4.99 Å². The maximum Gasteiger partial charge on any atom is 0.263 e. The van der Waals surface area contributed by atoms with Gasteiger partial charge in [-0.2, -0.15) is 0 Å². The highest BCUT2D eigenvalue weighted by molar-refractivity contribution is 7.90. The average molecular weight is 388 g/mol. The van der Waals surface area contributed by atoms with Crippen LogP contribution in [0.2, 0.25) is 0 Å². The van der Waals surface area contributed by atoms with Crippen LogP contribution in [-0.2, 0) is 19.6 Å². The standard InChI is InChI=1S/C18H18N2O6S/c1-12-7-9-14(10-8-12)27(25,26)20-17(13-5-3-2-4-6-13)19-15(18(23)24)11-16(21)22/h2-10,15H,11H2,1H3,(H,19,20)(H,21,22)(H,23,24)/p-2/t15-/m0/s1. The van der Waals surface area contributed by atoms with Gasteiger partial charge in [0.25, 0.3) is 10.0 Å². The van der Waals surface area contributed by atoms with Crippen molar-refractivity contribution in [1.29, 1.82) is 0 Å². The van der Waals surface area contributed by atoms with Gasteiger partial charge < -0.3 is 19.8 Å². The van der Waals surface area contributed by atoms with Gasteiger partial charge in [-0.05, 0) is 19.1 Å². The fourth-order valence-electron chi connectivity index (χ4n) is 2.15. The number of sulfonamides is 1. The van der Waals surface area contributed by atoms with Crippen molar-refractivity contribution in [3.63, 3.8) is 0 Å². The number of benzene rings is 2. The molecule has 0 fully saturated rings. The minimum atomic E-state index is -4.08. The lowest BCUT2D eigenvalue weighted by Crippen LogP contribution is -2.41. The number of carbonyl (C=O) groups excluding carboxylic acids is 2. The Balaban J connectivity index is 2.47. The van der Waals surface area contributed by atoms with Crippen molar-refractivity contribution in [2.45, 2.75) is 24.3 Å². The summed E-state index contributed by atoms with van der Waals surface area (Å²) in [5.74, 6) is -3.73. The van der Waals surface area contributed by atoms with Gasteiger partial charge in [0, 0.05) is 18.0 Å². The molecule has 8 nitrogen and oxygen atoms in total. The number of hydrogen-bond donors (Lipinski definition) is 1. The van der Waals surface area contributed by atoms with Gasteiger partial charge in [-0.15, -0.1) is 0 Å². The van der Waals surface area contributed by atoms with Crippen LogP contribution in [0.25, 0.3) is 0 Å². The summed E-state index contributed by atoms with van der Waals surface area (Å²) in [5, 5.41) is 21.9. The van der Waals surface area contributed by atoms with E-state index in [-0.39, 0.29) is 16.3 Å². The van der Waals surface area contributed by atoms with Gasteiger partial charge >= 0.3 is 0 Å². The third kappa shape index (κ3) is 5.65. The maximum absolute atomic E-state index is 12.6. The number of aliphatic imine (C=N–C) groups is 1. The highest BCUT2D eigenvalue weighted by Crippen LogP contribution is 2.12. The zero-order valence-electron chi connectivity index (χ0n) is 14.3. The van der Waals surface area contributed by atoms with Crippen LogP contribution in [0.5, 0.6) is 0 Å². The summed E-state index contributed by atoms with van der Waals surface area (Å²) in [7, 11) is -4.08. The third-order valence-corrected chi connectivity index (χ3v) is 4.88. The zero-order chi connectivity index (χ0) is 20.0.